The summed E-state index contributed by atoms with van der Waals surface area (Å²) >= 11 is 1.17. The highest BCUT2D eigenvalue weighted by atomic mass is 32.1. The van der Waals surface area contributed by atoms with E-state index < -0.39 is 5.91 Å². The lowest BCUT2D eigenvalue weighted by Crippen LogP contribution is -2.31. The Kier molecular flexibility index (Phi) is 5.62. The fraction of sp³-hybridized carbons (Fsp3) is 0.115. The van der Waals surface area contributed by atoms with Crippen LogP contribution < -0.4 is 15.7 Å². The van der Waals surface area contributed by atoms with Crippen LogP contribution in [0.1, 0.15) is 38.2 Å². The molecule has 3 N–H and O–H groups in total. The summed E-state index contributed by atoms with van der Waals surface area (Å²) in [6.45, 7) is 5.29. The first-order valence-electron chi connectivity index (χ1n) is 10.9. The average molecular weight is 485 g/mol. The average Bonchev–Trinajstić information content (AvgIpc) is 3.43. The number of fused-ring (bicyclic) bond motifs is 1. The molecule has 35 heavy (non-hydrogen) atoms. The van der Waals surface area contributed by atoms with Crippen LogP contribution in [0.15, 0.2) is 65.3 Å². The minimum Gasteiger partial charge on any atom is -0.397 e. The van der Waals surface area contributed by atoms with Crippen LogP contribution in [-0.4, -0.2) is 21.9 Å². The molecule has 0 saturated carbocycles. The molecule has 0 radical (unpaired) electrons. The van der Waals surface area contributed by atoms with Gasteiger partial charge in [-0.05, 0) is 31.0 Å². The molecule has 9 heteroatoms. The Hall–Kier alpha value is -4.37. The zero-order valence-electron chi connectivity index (χ0n) is 19.3. The van der Waals surface area contributed by atoms with Crippen molar-refractivity contribution < 1.29 is 18.8 Å². The predicted octanol–water partition coefficient (Wildman–Crippen LogP) is 4.88. The van der Waals surface area contributed by atoms with Gasteiger partial charge in [-0.15, -0.1) is 11.3 Å². The van der Waals surface area contributed by atoms with E-state index in [4.69, 9.17) is 10.3 Å². The van der Waals surface area contributed by atoms with Gasteiger partial charge in [-0.2, -0.15) is 0 Å². The van der Waals surface area contributed by atoms with Gasteiger partial charge in [0.05, 0.1) is 11.4 Å². The zero-order valence-corrected chi connectivity index (χ0v) is 20.1. The molecule has 2 aromatic carbocycles. The van der Waals surface area contributed by atoms with E-state index in [0.717, 1.165) is 16.8 Å². The number of hydrogen-bond donors (Lipinski definition) is 2. The topological polar surface area (TPSA) is 115 Å². The summed E-state index contributed by atoms with van der Waals surface area (Å²) in [5, 5.41) is 7.27. The highest BCUT2D eigenvalue weighted by Gasteiger charge is 2.26. The number of aromatic nitrogens is 3. The van der Waals surface area contributed by atoms with Crippen LogP contribution in [0.25, 0.3) is 27.0 Å². The van der Waals surface area contributed by atoms with Crippen LogP contribution in [0.5, 0.6) is 0 Å². The number of benzene rings is 2. The van der Waals surface area contributed by atoms with Crippen molar-refractivity contribution in [1.29, 1.82) is 0 Å². The monoisotopic (exact) mass is 484 g/mol. The molecule has 0 unspecified atom stereocenters. The second-order valence-electron chi connectivity index (χ2n) is 8.20. The number of rotatable bonds is 5. The number of nitrogens with zero attached hydrogens (tertiary/aromatic N) is 3. The number of para-hydroxylation sites is 1. The van der Waals surface area contributed by atoms with Crippen LogP contribution in [0.4, 0.5) is 11.6 Å². The molecule has 3 heterocycles. The third-order valence-electron chi connectivity index (χ3n) is 5.65. The Balaban J connectivity index is 1.59. The molecule has 8 nitrogen and oxygen atoms in total. The van der Waals surface area contributed by atoms with E-state index in [0.29, 0.717) is 27.0 Å². The molecule has 0 saturated heterocycles. The molecule has 174 valence electrons. The maximum Gasteiger partial charge on any atom is 0.303 e. The molecule has 0 aliphatic heterocycles. The largest absolute Gasteiger partial charge is 0.397 e. The molecule has 0 spiro atoms. The third kappa shape index (κ3) is 4.06. The number of pyridine rings is 1. The summed E-state index contributed by atoms with van der Waals surface area (Å²) in [5.41, 5.74) is 11.3. The maximum atomic E-state index is 13.2. The van der Waals surface area contributed by atoms with E-state index in [1.165, 1.54) is 22.9 Å². The number of aryl methyl sites for hydroxylation is 2. The van der Waals surface area contributed by atoms with Crippen molar-refractivity contribution in [2.45, 2.75) is 20.8 Å². The smallest absolute Gasteiger partial charge is 0.303 e. The van der Waals surface area contributed by atoms with Gasteiger partial charge < -0.3 is 5.73 Å². The normalized spacial score (nSPS) is 11.1. The van der Waals surface area contributed by atoms with Crippen LogP contribution in [-0.2, 0) is 0 Å². The van der Waals surface area contributed by atoms with Crippen LogP contribution in [0.3, 0.4) is 0 Å². The summed E-state index contributed by atoms with van der Waals surface area (Å²) in [4.78, 5) is 31.3. The van der Waals surface area contributed by atoms with Crippen LogP contribution >= 0.6 is 11.3 Å². The molecule has 1 amide bonds. The van der Waals surface area contributed by atoms with Gasteiger partial charge in [0.2, 0.25) is 11.0 Å². The number of thiophene rings is 1. The molecule has 5 aromatic rings. The lowest BCUT2D eigenvalue weighted by atomic mass is 9.92. The summed E-state index contributed by atoms with van der Waals surface area (Å²) < 4.78 is 6.80. The molecule has 5 rings (SSSR count). The quantitative estimate of drug-likeness (QED) is 0.271. The highest BCUT2D eigenvalue weighted by Crippen LogP contribution is 2.42. The first-order valence-corrected chi connectivity index (χ1v) is 11.7. The number of carbonyl (C=O) groups is 2. The summed E-state index contributed by atoms with van der Waals surface area (Å²) in [7, 11) is 0. The van der Waals surface area contributed by atoms with Crippen molar-refractivity contribution in [1.82, 2.24) is 10.3 Å². The van der Waals surface area contributed by atoms with Gasteiger partial charge >= 0.3 is 5.88 Å². The Labute approximate surface area is 205 Å². The van der Waals surface area contributed by atoms with E-state index in [1.807, 2.05) is 61.5 Å². The molecule has 0 fully saturated rings. The molecular formula is C26H22N5O3S+. The zero-order chi connectivity index (χ0) is 24.7. The second kappa shape index (κ2) is 8.77. The SMILES string of the molecule is CC(=O)c1c(C)nc2sc(C(=O)Nc3c[n+](-c4ccccc4)no3)c(N)c2c1-c1cccc(C)c1. The minimum absolute atomic E-state index is 0.114. The van der Waals surface area contributed by atoms with Crippen LogP contribution in [0.2, 0.25) is 0 Å². The fourth-order valence-corrected chi connectivity index (χ4v) is 5.17. The fourth-order valence-electron chi connectivity index (χ4n) is 4.13. The van der Waals surface area contributed by atoms with Gasteiger partial charge in [-0.25, -0.2) is 4.98 Å². The number of anilines is 2. The van der Waals surface area contributed by atoms with Gasteiger partial charge in [-0.3, -0.25) is 19.4 Å². The summed E-state index contributed by atoms with van der Waals surface area (Å²) in [6.07, 6.45) is 1.57. The maximum absolute atomic E-state index is 13.2. The molecular weight excluding hydrogens is 462 g/mol. The van der Waals surface area contributed by atoms with Crippen molar-refractivity contribution in [2.75, 3.05) is 11.1 Å². The van der Waals surface area contributed by atoms with E-state index in [1.54, 1.807) is 13.1 Å². The number of nitrogen functional groups attached to an aromatic ring is 1. The van der Waals surface area contributed by atoms with Crippen molar-refractivity contribution >= 4 is 44.8 Å². The number of carbonyl (C=O) groups excluding carboxylic acids is 2. The number of Topliss-reactive ketones (excluding diaryl/α,β-unsaturated/α-hetero) is 1. The Bertz CT molecular complexity index is 1600. The highest BCUT2D eigenvalue weighted by molar-refractivity contribution is 7.21. The standard InChI is InChI=1S/C26H21N5O3S/c1-14-8-7-9-17(12-14)21-20(16(3)32)15(2)28-26-22(21)23(27)24(35-26)25(33)29-19-13-31(30-34-19)18-10-5-4-6-11-18/h4-13H,1-3H3,(H2-,27,29,30,33)/p+1. The van der Waals surface area contributed by atoms with Crippen molar-refractivity contribution in [3.8, 4) is 16.8 Å². The van der Waals surface area contributed by atoms with Gasteiger partial charge in [-0.1, -0.05) is 48.0 Å². The van der Waals surface area contributed by atoms with Crippen molar-refractivity contribution in [3.05, 3.63) is 82.5 Å². The summed E-state index contributed by atoms with van der Waals surface area (Å²) in [5.74, 6) is -0.389. The lowest BCUT2D eigenvalue weighted by molar-refractivity contribution is -0.670. The molecule has 0 aliphatic carbocycles. The number of nitrogens with one attached hydrogen (secondary N) is 1. The van der Waals surface area contributed by atoms with Crippen molar-refractivity contribution in [2.24, 2.45) is 0 Å². The minimum atomic E-state index is -0.445. The number of nitrogens with two attached hydrogens (primary N) is 1. The first kappa shape index (κ1) is 22.4. The number of hydrogen-bond acceptors (Lipinski definition) is 7. The van der Waals surface area contributed by atoms with Crippen molar-refractivity contribution in [3.63, 3.8) is 0 Å². The van der Waals surface area contributed by atoms with E-state index in [9.17, 15) is 9.59 Å². The van der Waals surface area contributed by atoms with Gasteiger partial charge in [0.1, 0.15) is 9.71 Å². The lowest BCUT2D eigenvalue weighted by Gasteiger charge is -2.13. The summed E-state index contributed by atoms with van der Waals surface area (Å²) in [6, 6.07) is 17.2. The van der Waals surface area contributed by atoms with E-state index >= 15 is 0 Å². The third-order valence-corrected chi connectivity index (χ3v) is 6.74. The number of ketones is 1. The molecule has 0 aliphatic rings. The van der Waals surface area contributed by atoms with Gasteiger partial charge in [0.15, 0.2) is 5.78 Å². The van der Waals surface area contributed by atoms with Crippen LogP contribution in [0, 0.1) is 13.8 Å². The Morgan fingerprint density at radius 2 is 1.86 bits per heavy atom. The second-order valence-corrected chi connectivity index (χ2v) is 9.20. The molecule has 0 bridgehead atoms. The first-order chi connectivity index (χ1) is 16.8. The molecule has 0 atom stereocenters. The van der Waals surface area contributed by atoms with Gasteiger partial charge in [0.25, 0.3) is 12.1 Å². The number of amides is 1. The van der Waals surface area contributed by atoms with Gasteiger partial charge in [0, 0.05) is 28.6 Å². The van der Waals surface area contributed by atoms with E-state index in [-0.39, 0.29) is 22.2 Å². The Morgan fingerprint density at radius 3 is 2.57 bits per heavy atom. The molecule has 3 aromatic heterocycles. The van der Waals surface area contributed by atoms with E-state index in [2.05, 4.69) is 15.6 Å². The Morgan fingerprint density at radius 1 is 1.09 bits per heavy atom. The predicted molar refractivity (Wildman–Crippen MR) is 135 cm³/mol.